The first-order valence-corrected chi connectivity index (χ1v) is 10.7. The van der Waals surface area contributed by atoms with E-state index in [9.17, 15) is 4.79 Å². The Kier molecular flexibility index (Phi) is 6.88. The molecule has 0 bridgehead atoms. The lowest BCUT2D eigenvalue weighted by molar-refractivity contribution is 0.0998. The van der Waals surface area contributed by atoms with Gasteiger partial charge in [-0.25, -0.2) is 0 Å². The monoisotopic (exact) mass is 409 g/mol. The zero-order chi connectivity index (χ0) is 20.8. The Bertz CT molecular complexity index is 1060. The van der Waals surface area contributed by atoms with Crippen molar-refractivity contribution in [1.82, 2.24) is 4.57 Å². The second-order valence-corrected chi connectivity index (χ2v) is 7.47. The molecule has 0 spiro atoms. The van der Waals surface area contributed by atoms with E-state index in [4.69, 9.17) is 4.74 Å². The number of hydrogen-bond donors (Lipinski definition) is 0. The number of amides is 1. The topological polar surface area (TPSA) is 46.8 Å². The molecule has 0 aliphatic rings. The molecule has 0 aliphatic carbocycles. The summed E-state index contributed by atoms with van der Waals surface area (Å²) in [5.41, 5.74) is 2.63. The standard InChI is InChI=1S/C23H27N3O2S/c1-5-16-26-21-19(28-8-4)10-9-11-20(21)29-23(26)24-22(27)17-12-14-18(15-13-17)25(6-2)7-3/h5,9-15H,1,6-8,16H2,2-4H3. The molecule has 1 heterocycles. The molecule has 0 atom stereocenters. The summed E-state index contributed by atoms with van der Waals surface area (Å²) in [7, 11) is 0. The number of rotatable bonds is 8. The molecule has 0 unspecified atom stereocenters. The van der Waals surface area contributed by atoms with E-state index >= 15 is 0 Å². The molecular formula is C23H27N3O2S. The number of anilines is 1. The Labute approximate surface area is 175 Å². The maximum Gasteiger partial charge on any atom is 0.279 e. The molecule has 1 amide bonds. The van der Waals surface area contributed by atoms with Crippen molar-refractivity contribution >= 4 is 33.1 Å². The van der Waals surface area contributed by atoms with Gasteiger partial charge in [0.05, 0.1) is 11.3 Å². The number of aromatic nitrogens is 1. The normalized spacial score (nSPS) is 11.6. The van der Waals surface area contributed by atoms with Crippen LogP contribution in [0, 0.1) is 0 Å². The van der Waals surface area contributed by atoms with Gasteiger partial charge in [0.25, 0.3) is 5.91 Å². The highest BCUT2D eigenvalue weighted by atomic mass is 32.1. The zero-order valence-electron chi connectivity index (χ0n) is 17.2. The maximum absolute atomic E-state index is 12.8. The minimum atomic E-state index is -0.251. The molecule has 5 nitrogen and oxygen atoms in total. The van der Waals surface area contributed by atoms with Crippen LogP contribution in [0.4, 0.5) is 5.69 Å². The van der Waals surface area contributed by atoms with Gasteiger partial charge in [0.2, 0.25) is 0 Å². The first-order valence-electron chi connectivity index (χ1n) is 9.93. The summed E-state index contributed by atoms with van der Waals surface area (Å²) < 4.78 is 8.80. The van der Waals surface area contributed by atoms with Crippen LogP contribution >= 0.6 is 11.3 Å². The number of para-hydroxylation sites is 1. The summed E-state index contributed by atoms with van der Waals surface area (Å²) in [6.45, 7) is 13.0. The van der Waals surface area contributed by atoms with Crippen molar-refractivity contribution in [3.8, 4) is 5.75 Å². The Morgan fingerprint density at radius 1 is 1.17 bits per heavy atom. The predicted octanol–water partition coefficient (Wildman–Crippen LogP) is 4.87. The Morgan fingerprint density at radius 2 is 1.90 bits per heavy atom. The van der Waals surface area contributed by atoms with Crippen LogP contribution in [0.15, 0.2) is 60.1 Å². The van der Waals surface area contributed by atoms with Crippen molar-refractivity contribution in [1.29, 1.82) is 0 Å². The van der Waals surface area contributed by atoms with Crippen molar-refractivity contribution < 1.29 is 9.53 Å². The smallest absolute Gasteiger partial charge is 0.279 e. The predicted molar refractivity (Wildman–Crippen MR) is 121 cm³/mol. The van der Waals surface area contributed by atoms with E-state index in [0.29, 0.717) is 23.5 Å². The average Bonchev–Trinajstić information content (AvgIpc) is 3.08. The molecule has 0 fully saturated rings. The molecule has 152 valence electrons. The second-order valence-electron chi connectivity index (χ2n) is 6.46. The molecule has 3 aromatic rings. The van der Waals surface area contributed by atoms with Crippen LogP contribution in [0.1, 0.15) is 31.1 Å². The SMILES string of the molecule is C=CCn1c(=NC(=O)c2ccc(N(CC)CC)cc2)sc2cccc(OCC)c21. The third kappa shape index (κ3) is 4.43. The quantitative estimate of drug-likeness (QED) is 0.499. The lowest BCUT2D eigenvalue weighted by Crippen LogP contribution is -2.21. The molecule has 0 aliphatic heterocycles. The highest BCUT2D eigenvalue weighted by molar-refractivity contribution is 7.16. The highest BCUT2D eigenvalue weighted by Gasteiger charge is 2.13. The summed E-state index contributed by atoms with van der Waals surface area (Å²) in [6, 6.07) is 13.6. The van der Waals surface area contributed by atoms with Gasteiger partial charge in [-0.3, -0.25) is 4.79 Å². The van der Waals surface area contributed by atoms with Gasteiger partial charge in [-0.1, -0.05) is 23.5 Å². The van der Waals surface area contributed by atoms with Crippen LogP contribution in [0.2, 0.25) is 0 Å². The van der Waals surface area contributed by atoms with Crippen LogP contribution in [0.5, 0.6) is 5.75 Å². The third-order valence-corrected chi connectivity index (χ3v) is 5.76. The number of thiazole rings is 1. The van der Waals surface area contributed by atoms with Crippen LogP contribution in [0.25, 0.3) is 10.2 Å². The number of benzene rings is 2. The summed E-state index contributed by atoms with van der Waals surface area (Å²) in [5, 5.41) is 0. The fourth-order valence-corrected chi connectivity index (χ4v) is 4.36. The molecule has 0 radical (unpaired) electrons. The largest absolute Gasteiger partial charge is 0.492 e. The van der Waals surface area contributed by atoms with Gasteiger partial charge in [0.1, 0.15) is 11.3 Å². The first kappa shape index (κ1) is 20.9. The number of allylic oxidation sites excluding steroid dienone is 1. The van der Waals surface area contributed by atoms with Gasteiger partial charge >= 0.3 is 0 Å². The Morgan fingerprint density at radius 3 is 2.52 bits per heavy atom. The van der Waals surface area contributed by atoms with Gasteiger partial charge in [0.15, 0.2) is 4.80 Å². The highest BCUT2D eigenvalue weighted by Crippen LogP contribution is 2.27. The fraction of sp³-hybridized carbons (Fsp3) is 0.304. The van der Waals surface area contributed by atoms with Gasteiger partial charge in [-0.15, -0.1) is 6.58 Å². The van der Waals surface area contributed by atoms with E-state index in [1.165, 1.54) is 11.3 Å². The number of carbonyl (C=O) groups excluding carboxylic acids is 1. The minimum Gasteiger partial charge on any atom is -0.492 e. The Balaban J connectivity index is 2.03. The molecule has 1 aromatic heterocycles. The first-order chi connectivity index (χ1) is 14.1. The lowest BCUT2D eigenvalue weighted by atomic mass is 10.2. The van der Waals surface area contributed by atoms with Gasteiger partial charge in [0, 0.05) is 30.9 Å². The molecule has 29 heavy (non-hydrogen) atoms. The van der Waals surface area contributed by atoms with E-state index < -0.39 is 0 Å². The zero-order valence-corrected chi connectivity index (χ0v) is 18.0. The number of hydrogen-bond acceptors (Lipinski definition) is 4. The summed E-state index contributed by atoms with van der Waals surface area (Å²) in [4.78, 5) is 20.1. The van der Waals surface area contributed by atoms with Gasteiger partial charge < -0.3 is 14.2 Å². The molecule has 3 rings (SSSR count). The van der Waals surface area contributed by atoms with Crippen LogP contribution in [0.3, 0.4) is 0 Å². The lowest BCUT2D eigenvalue weighted by Gasteiger charge is -2.20. The number of ether oxygens (including phenoxy) is 1. The van der Waals surface area contributed by atoms with Crippen molar-refractivity contribution in [2.75, 3.05) is 24.6 Å². The molecule has 0 N–H and O–H groups in total. The number of fused-ring (bicyclic) bond motifs is 1. The molecule has 0 saturated carbocycles. The van der Waals surface area contributed by atoms with Gasteiger partial charge in [-0.2, -0.15) is 4.99 Å². The summed E-state index contributed by atoms with van der Waals surface area (Å²) >= 11 is 1.48. The van der Waals surface area contributed by atoms with Crippen molar-refractivity contribution in [3.05, 3.63) is 65.5 Å². The van der Waals surface area contributed by atoms with Gasteiger partial charge in [-0.05, 0) is 57.2 Å². The number of nitrogens with zero attached hydrogens (tertiary/aromatic N) is 3. The fourth-order valence-electron chi connectivity index (χ4n) is 3.31. The number of carbonyl (C=O) groups is 1. The van der Waals surface area contributed by atoms with Crippen molar-refractivity contribution in [3.63, 3.8) is 0 Å². The van der Waals surface area contributed by atoms with E-state index in [-0.39, 0.29) is 5.91 Å². The molecule has 2 aromatic carbocycles. The molecule has 0 saturated heterocycles. The van der Waals surface area contributed by atoms with Crippen LogP contribution < -0.4 is 14.4 Å². The third-order valence-electron chi connectivity index (χ3n) is 4.72. The maximum atomic E-state index is 12.8. The second kappa shape index (κ2) is 9.56. The Hall–Kier alpha value is -2.86. The molecular weight excluding hydrogens is 382 g/mol. The average molecular weight is 410 g/mol. The minimum absolute atomic E-state index is 0.251. The van der Waals surface area contributed by atoms with Crippen molar-refractivity contribution in [2.24, 2.45) is 4.99 Å². The van der Waals surface area contributed by atoms with Crippen LogP contribution in [-0.4, -0.2) is 30.2 Å². The van der Waals surface area contributed by atoms with Crippen LogP contribution in [-0.2, 0) is 6.54 Å². The summed E-state index contributed by atoms with van der Waals surface area (Å²) in [5.74, 6) is 0.541. The van der Waals surface area contributed by atoms with E-state index in [1.807, 2.05) is 54.0 Å². The summed E-state index contributed by atoms with van der Waals surface area (Å²) in [6.07, 6.45) is 1.80. The van der Waals surface area contributed by atoms with E-state index in [1.54, 1.807) is 6.08 Å². The molecule has 6 heteroatoms. The van der Waals surface area contributed by atoms with Crippen molar-refractivity contribution in [2.45, 2.75) is 27.3 Å². The van der Waals surface area contributed by atoms with E-state index in [2.05, 4.69) is 30.3 Å². The van der Waals surface area contributed by atoms with E-state index in [0.717, 1.165) is 34.7 Å².